The molecule has 0 unspecified atom stereocenters. The third kappa shape index (κ3) is 5.90. The zero-order chi connectivity index (χ0) is 26.2. The highest BCUT2D eigenvalue weighted by Gasteiger charge is 2.17. The summed E-state index contributed by atoms with van der Waals surface area (Å²) in [5.74, 6) is 1.74. The molecular weight excluding hydrogens is 474 g/mol. The van der Waals surface area contributed by atoms with E-state index in [0.717, 1.165) is 16.5 Å². The van der Waals surface area contributed by atoms with Crippen molar-refractivity contribution >= 4 is 23.0 Å². The summed E-state index contributed by atoms with van der Waals surface area (Å²) < 4.78 is 27.3. The number of aromatic nitrogens is 1. The minimum Gasteiger partial charge on any atom is -0.493 e. The lowest BCUT2D eigenvalue weighted by atomic mass is 10.1. The number of methoxy groups -OCH3 is 4. The van der Waals surface area contributed by atoms with E-state index in [1.807, 2.05) is 54.6 Å². The van der Waals surface area contributed by atoms with Crippen molar-refractivity contribution in [2.45, 2.75) is 6.61 Å². The van der Waals surface area contributed by atoms with Crippen molar-refractivity contribution < 1.29 is 28.5 Å². The minimum atomic E-state index is -0.459. The maximum atomic E-state index is 12.7. The Bertz CT molecular complexity index is 1400. The van der Waals surface area contributed by atoms with Gasteiger partial charge in [-0.15, -0.1) is 0 Å². The van der Waals surface area contributed by atoms with Gasteiger partial charge in [-0.2, -0.15) is 5.10 Å². The van der Waals surface area contributed by atoms with E-state index in [-0.39, 0.29) is 5.56 Å². The maximum Gasteiger partial charge on any atom is 0.271 e. The maximum absolute atomic E-state index is 12.7. The van der Waals surface area contributed by atoms with Gasteiger partial charge in [0.1, 0.15) is 12.4 Å². The molecule has 3 aromatic carbocycles. The summed E-state index contributed by atoms with van der Waals surface area (Å²) in [6.45, 7) is 0.456. The number of hydrogen-bond donors (Lipinski definition) is 1. The van der Waals surface area contributed by atoms with E-state index in [9.17, 15) is 4.79 Å². The SMILES string of the molecule is COc1cc(C(=O)N/N=C/c2cc3cc(OCc4ccccc4)ccc3nc2OC)cc(OC)c1OC. The number of benzene rings is 3. The van der Waals surface area contributed by atoms with Crippen LogP contribution < -0.4 is 29.1 Å². The third-order valence-electron chi connectivity index (χ3n) is 5.52. The highest BCUT2D eigenvalue weighted by Crippen LogP contribution is 2.38. The van der Waals surface area contributed by atoms with Crippen LogP contribution in [0.5, 0.6) is 28.9 Å². The molecule has 0 aliphatic heterocycles. The van der Waals surface area contributed by atoms with Gasteiger partial charge >= 0.3 is 0 Å². The molecule has 1 heterocycles. The second-order valence-electron chi connectivity index (χ2n) is 7.83. The fourth-order valence-electron chi connectivity index (χ4n) is 3.68. The Kier molecular flexibility index (Phi) is 8.05. The Hall–Kier alpha value is -4.79. The number of carbonyl (C=O) groups is 1. The van der Waals surface area contributed by atoms with Crippen LogP contribution in [0.15, 0.2) is 71.8 Å². The number of hydrazone groups is 1. The number of fused-ring (bicyclic) bond motifs is 1. The summed E-state index contributed by atoms with van der Waals surface area (Å²) >= 11 is 0. The van der Waals surface area contributed by atoms with E-state index < -0.39 is 5.91 Å². The van der Waals surface area contributed by atoms with E-state index in [1.165, 1.54) is 34.7 Å². The van der Waals surface area contributed by atoms with Crippen molar-refractivity contribution in [1.29, 1.82) is 0 Å². The van der Waals surface area contributed by atoms with Crippen molar-refractivity contribution in [1.82, 2.24) is 10.4 Å². The molecule has 0 atom stereocenters. The minimum absolute atomic E-state index is 0.287. The molecule has 0 saturated carbocycles. The largest absolute Gasteiger partial charge is 0.493 e. The number of pyridine rings is 1. The lowest BCUT2D eigenvalue weighted by molar-refractivity contribution is 0.0954. The van der Waals surface area contributed by atoms with Gasteiger partial charge in [-0.05, 0) is 42.0 Å². The van der Waals surface area contributed by atoms with Crippen LogP contribution in [-0.2, 0) is 6.61 Å². The molecule has 0 bridgehead atoms. The van der Waals surface area contributed by atoms with Gasteiger partial charge in [-0.3, -0.25) is 4.79 Å². The monoisotopic (exact) mass is 501 g/mol. The van der Waals surface area contributed by atoms with E-state index in [1.54, 1.807) is 12.1 Å². The summed E-state index contributed by atoms with van der Waals surface area (Å²) in [7, 11) is 5.98. The van der Waals surface area contributed by atoms with Crippen LogP contribution >= 0.6 is 0 Å². The predicted octanol–water partition coefficient (Wildman–Crippen LogP) is 4.61. The van der Waals surface area contributed by atoms with Gasteiger partial charge in [0.05, 0.1) is 45.7 Å². The van der Waals surface area contributed by atoms with E-state index >= 15 is 0 Å². The number of ether oxygens (including phenoxy) is 5. The van der Waals surface area contributed by atoms with Gasteiger partial charge in [0.15, 0.2) is 11.5 Å². The second-order valence-corrected chi connectivity index (χ2v) is 7.83. The Morgan fingerprint density at radius 3 is 2.27 bits per heavy atom. The van der Waals surface area contributed by atoms with E-state index in [4.69, 9.17) is 23.7 Å². The van der Waals surface area contributed by atoms with Crippen LogP contribution in [0.1, 0.15) is 21.5 Å². The molecule has 4 rings (SSSR count). The number of hydrogen-bond acceptors (Lipinski definition) is 8. The molecule has 1 aromatic heterocycles. The number of nitrogens with one attached hydrogen (secondary N) is 1. The van der Waals surface area contributed by atoms with Gasteiger partial charge in [0.25, 0.3) is 5.91 Å². The molecule has 0 radical (unpaired) electrons. The Labute approximate surface area is 214 Å². The summed E-state index contributed by atoms with van der Waals surface area (Å²) in [4.78, 5) is 17.3. The average molecular weight is 502 g/mol. The van der Waals surface area contributed by atoms with Crippen molar-refractivity contribution in [3.05, 3.63) is 83.4 Å². The molecule has 190 valence electrons. The molecule has 37 heavy (non-hydrogen) atoms. The molecule has 0 spiro atoms. The first kappa shape index (κ1) is 25.3. The first-order chi connectivity index (χ1) is 18.1. The van der Waals surface area contributed by atoms with E-state index in [2.05, 4.69) is 15.5 Å². The Balaban J connectivity index is 1.53. The molecule has 9 nitrogen and oxygen atoms in total. The highest BCUT2D eigenvalue weighted by molar-refractivity contribution is 5.97. The molecular formula is C28H27N3O6. The lowest BCUT2D eigenvalue weighted by Gasteiger charge is -2.13. The standard InChI is InChI=1S/C28H27N3O6/c1-33-24-14-20(15-25(34-2)26(24)35-3)27(32)31-29-16-21-12-19-13-22(10-11-23(19)30-28(21)36-4)37-17-18-8-6-5-7-9-18/h5-16H,17H2,1-4H3,(H,31,32)/b29-16+. The van der Waals surface area contributed by atoms with Gasteiger partial charge in [0, 0.05) is 10.9 Å². The normalized spacial score (nSPS) is 10.8. The van der Waals surface area contributed by atoms with Crippen LogP contribution in [0.4, 0.5) is 0 Å². The van der Waals surface area contributed by atoms with Gasteiger partial charge in [0.2, 0.25) is 11.6 Å². The first-order valence-corrected chi connectivity index (χ1v) is 11.3. The van der Waals surface area contributed by atoms with Crippen LogP contribution in [-0.4, -0.2) is 45.5 Å². The highest BCUT2D eigenvalue weighted by atomic mass is 16.5. The van der Waals surface area contributed by atoms with Crippen molar-refractivity contribution in [3.8, 4) is 28.9 Å². The zero-order valence-electron chi connectivity index (χ0n) is 21.0. The molecule has 9 heteroatoms. The molecule has 0 saturated heterocycles. The van der Waals surface area contributed by atoms with Crippen LogP contribution in [0.25, 0.3) is 10.9 Å². The van der Waals surface area contributed by atoms with E-state index in [0.29, 0.717) is 41.0 Å². The fraction of sp³-hybridized carbons (Fsp3) is 0.179. The molecule has 0 aliphatic rings. The van der Waals surface area contributed by atoms with Crippen molar-refractivity contribution in [3.63, 3.8) is 0 Å². The van der Waals surface area contributed by atoms with Gasteiger partial charge < -0.3 is 23.7 Å². The molecule has 4 aromatic rings. The number of carbonyl (C=O) groups excluding carboxylic acids is 1. The molecule has 1 amide bonds. The van der Waals surface area contributed by atoms with Crippen LogP contribution in [0, 0.1) is 0 Å². The number of amides is 1. The van der Waals surface area contributed by atoms with Crippen LogP contribution in [0.3, 0.4) is 0 Å². The van der Waals surface area contributed by atoms with Crippen molar-refractivity contribution in [2.24, 2.45) is 5.10 Å². The third-order valence-corrected chi connectivity index (χ3v) is 5.52. The Morgan fingerprint density at radius 2 is 1.62 bits per heavy atom. The lowest BCUT2D eigenvalue weighted by Crippen LogP contribution is -2.18. The van der Waals surface area contributed by atoms with Gasteiger partial charge in [-0.1, -0.05) is 30.3 Å². The van der Waals surface area contributed by atoms with Crippen LogP contribution in [0.2, 0.25) is 0 Å². The summed E-state index contributed by atoms with van der Waals surface area (Å²) in [5.41, 5.74) is 5.19. The molecule has 0 fully saturated rings. The Morgan fingerprint density at radius 1 is 0.892 bits per heavy atom. The topological polar surface area (TPSA) is 101 Å². The average Bonchev–Trinajstić information content (AvgIpc) is 2.95. The molecule has 1 N–H and O–H groups in total. The molecule has 0 aliphatic carbocycles. The quantitative estimate of drug-likeness (QED) is 0.250. The second kappa shape index (κ2) is 11.8. The first-order valence-electron chi connectivity index (χ1n) is 11.3. The van der Waals surface area contributed by atoms with Gasteiger partial charge in [-0.25, -0.2) is 10.4 Å². The summed E-state index contributed by atoms with van der Waals surface area (Å²) in [6.07, 6.45) is 1.47. The summed E-state index contributed by atoms with van der Waals surface area (Å²) in [6, 6.07) is 20.5. The zero-order valence-corrected chi connectivity index (χ0v) is 21.0. The fourth-order valence-corrected chi connectivity index (χ4v) is 3.68. The number of rotatable bonds is 10. The number of nitrogens with zero attached hydrogens (tertiary/aromatic N) is 2. The predicted molar refractivity (Wildman–Crippen MR) is 140 cm³/mol. The summed E-state index contributed by atoms with van der Waals surface area (Å²) in [5, 5.41) is 4.93. The smallest absolute Gasteiger partial charge is 0.271 e. The van der Waals surface area contributed by atoms with Crippen molar-refractivity contribution in [2.75, 3.05) is 28.4 Å².